The molecule has 1 fully saturated rings. The minimum atomic E-state index is -1.52. The predicted octanol–water partition coefficient (Wildman–Crippen LogP) is -0.397. The number of nitroso groups, excluding NO2 is 2. The summed E-state index contributed by atoms with van der Waals surface area (Å²) in [5, 5.41) is 21.2. The molecule has 3 aliphatic heterocycles. The van der Waals surface area contributed by atoms with Crippen LogP contribution in [0, 0.1) is 9.81 Å². The van der Waals surface area contributed by atoms with E-state index in [4.69, 9.17) is 16.3 Å². The third-order valence-corrected chi connectivity index (χ3v) is 6.42. The Bertz CT molecular complexity index is 1070. The first kappa shape index (κ1) is 21.7. The van der Waals surface area contributed by atoms with E-state index < -0.39 is 47.0 Å². The Kier molecular flexibility index (Phi) is 5.81. The maximum absolute atomic E-state index is 13.0. The monoisotopic (exact) mass is 464 g/mol. The number of nitrogens with two attached hydrogens (primary N) is 2. The molecule has 0 spiro atoms. The molecule has 15 nitrogen and oxygen atoms in total. The van der Waals surface area contributed by atoms with Crippen molar-refractivity contribution < 1.29 is 9.53 Å². The number of hydrogen-bond donors (Lipinski definition) is 5. The van der Waals surface area contributed by atoms with E-state index in [2.05, 4.69) is 36.6 Å². The summed E-state index contributed by atoms with van der Waals surface area (Å²) in [5.74, 6) is 4.58. The van der Waals surface area contributed by atoms with Crippen LogP contribution in [0.3, 0.4) is 0 Å². The van der Waals surface area contributed by atoms with E-state index in [-0.39, 0.29) is 23.7 Å². The number of carbonyl (C=O) groups excluding carboxylic acids is 1. The smallest absolute Gasteiger partial charge is 0.311 e. The van der Waals surface area contributed by atoms with Gasteiger partial charge in [-0.2, -0.15) is 9.81 Å². The topological polar surface area (TPSA) is 220 Å². The predicted molar refractivity (Wildman–Crippen MR) is 113 cm³/mol. The zero-order valence-electron chi connectivity index (χ0n) is 16.5. The van der Waals surface area contributed by atoms with Crippen molar-refractivity contribution in [2.24, 2.45) is 32.3 Å². The van der Waals surface area contributed by atoms with E-state index in [0.717, 1.165) is 4.57 Å². The molecule has 16 heteroatoms. The molecule has 4 unspecified atom stereocenters. The highest BCUT2D eigenvalue weighted by Gasteiger charge is 2.56. The van der Waals surface area contributed by atoms with Crippen LogP contribution in [0.25, 0.3) is 0 Å². The van der Waals surface area contributed by atoms with Crippen LogP contribution in [0.15, 0.2) is 49.9 Å². The van der Waals surface area contributed by atoms with Gasteiger partial charge in [0.15, 0.2) is 6.23 Å². The molecule has 4 heterocycles. The number of carbonyl (C=O) groups is 1. The molecule has 6 atom stereocenters. The van der Waals surface area contributed by atoms with Crippen LogP contribution in [-0.2, 0) is 4.74 Å². The number of nitrogens with one attached hydrogen (secondary N) is 3. The molecule has 1 amide bonds. The van der Waals surface area contributed by atoms with E-state index in [1.54, 1.807) is 24.4 Å². The van der Waals surface area contributed by atoms with Gasteiger partial charge >= 0.3 is 4.87 Å². The number of allylic oxidation sites excluding steroid dienone is 2. The summed E-state index contributed by atoms with van der Waals surface area (Å²) in [6.07, 6.45) is 3.78. The Balaban J connectivity index is 1.80. The Labute approximate surface area is 183 Å². The molecular formula is C16H20N10O5S. The average molecular weight is 464 g/mol. The Morgan fingerprint density at radius 1 is 1.31 bits per heavy atom. The fourth-order valence-electron chi connectivity index (χ4n) is 4.13. The van der Waals surface area contributed by atoms with Gasteiger partial charge in [0.2, 0.25) is 6.29 Å². The minimum absolute atomic E-state index is 0.0186. The zero-order chi connectivity index (χ0) is 22.9. The lowest BCUT2D eigenvalue weighted by Gasteiger charge is -2.38. The van der Waals surface area contributed by atoms with Gasteiger partial charge in [0.25, 0.3) is 5.91 Å². The van der Waals surface area contributed by atoms with Crippen molar-refractivity contribution in [3.05, 3.63) is 48.8 Å². The number of hydrogen-bond acceptors (Lipinski definition) is 13. The molecule has 0 aromatic carbocycles. The van der Waals surface area contributed by atoms with Crippen molar-refractivity contribution in [1.82, 2.24) is 15.2 Å². The summed E-state index contributed by atoms with van der Waals surface area (Å²) in [5.41, 5.74) is 5.20. The molecular weight excluding hydrogens is 444 g/mol. The number of aromatic nitrogens is 1. The first-order valence-electron chi connectivity index (χ1n) is 9.51. The SMILES string of the molecule is NN=NC1NC(=O)c2sc(=O)n([C@@H]3OC(CN=O)C[C@@]3(N)C(N=O)C3C=CC=CN3)c2N1. The van der Waals surface area contributed by atoms with Crippen LogP contribution in [0.2, 0.25) is 0 Å². The number of amides is 1. The quantitative estimate of drug-likeness (QED) is 0.153. The van der Waals surface area contributed by atoms with E-state index in [1.165, 1.54) is 0 Å². The minimum Gasteiger partial charge on any atom is -0.382 e. The van der Waals surface area contributed by atoms with Gasteiger partial charge in [-0.25, -0.2) is 0 Å². The number of thiazole rings is 1. The first-order valence-corrected chi connectivity index (χ1v) is 10.3. The highest BCUT2D eigenvalue weighted by atomic mass is 32.1. The van der Waals surface area contributed by atoms with E-state index in [1.807, 2.05) is 0 Å². The number of dihydropyridines is 1. The van der Waals surface area contributed by atoms with Crippen molar-refractivity contribution in [3.8, 4) is 0 Å². The van der Waals surface area contributed by atoms with Crippen molar-refractivity contribution in [2.75, 3.05) is 11.9 Å². The molecule has 4 rings (SSSR count). The van der Waals surface area contributed by atoms with Crippen LogP contribution in [-0.4, -0.2) is 47.0 Å². The highest BCUT2D eigenvalue weighted by Crippen LogP contribution is 2.43. The summed E-state index contributed by atoms with van der Waals surface area (Å²) in [7, 11) is 0. The molecule has 170 valence electrons. The third kappa shape index (κ3) is 3.57. The third-order valence-electron chi connectivity index (χ3n) is 5.47. The fourth-order valence-corrected chi connectivity index (χ4v) is 5.00. The molecule has 1 aromatic heterocycles. The lowest BCUT2D eigenvalue weighted by atomic mass is 9.81. The molecule has 0 aliphatic carbocycles. The van der Waals surface area contributed by atoms with Crippen molar-refractivity contribution in [3.63, 3.8) is 0 Å². The maximum atomic E-state index is 13.0. The van der Waals surface area contributed by atoms with Crippen LogP contribution in [0.1, 0.15) is 22.3 Å². The van der Waals surface area contributed by atoms with Gasteiger partial charge in [-0.05, 0) is 12.3 Å². The lowest BCUT2D eigenvalue weighted by Crippen LogP contribution is -2.61. The van der Waals surface area contributed by atoms with Crippen LogP contribution >= 0.6 is 11.3 Å². The molecule has 3 aliphatic rings. The summed E-state index contributed by atoms with van der Waals surface area (Å²) in [6, 6.07) is -1.68. The standard InChI is InChI=1S/C16H20N10O5S/c17-16(10(24-30)8-3-1-2-4-19-8)5-7(6-20-29)31-13(16)26-11-9(32-15(26)28)12(27)22-14(21-11)23-25-18/h1-4,7-8,10,13-14,19,21H,5-6,17H2,(H2,18,23)(H,22,27)/t7?,8?,10?,13-,14?,16-/m1/s1. The molecule has 0 bridgehead atoms. The van der Waals surface area contributed by atoms with Gasteiger partial charge in [-0.15, -0.1) is 5.11 Å². The molecule has 7 N–H and O–H groups in total. The number of nitrogens with zero attached hydrogens (tertiary/aromatic N) is 5. The van der Waals surface area contributed by atoms with Crippen LogP contribution < -0.4 is 32.4 Å². The molecule has 1 aromatic rings. The zero-order valence-corrected chi connectivity index (χ0v) is 17.3. The second-order valence-electron chi connectivity index (χ2n) is 7.39. The molecule has 32 heavy (non-hydrogen) atoms. The van der Waals surface area contributed by atoms with Crippen LogP contribution in [0.5, 0.6) is 0 Å². The number of ether oxygens (including phenoxy) is 1. The van der Waals surface area contributed by atoms with Gasteiger partial charge in [0.05, 0.1) is 17.7 Å². The van der Waals surface area contributed by atoms with Crippen molar-refractivity contribution in [1.29, 1.82) is 0 Å². The van der Waals surface area contributed by atoms with E-state index >= 15 is 0 Å². The molecule has 1 saturated heterocycles. The van der Waals surface area contributed by atoms with Crippen LogP contribution in [0.4, 0.5) is 5.82 Å². The largest absolute Gasteiger partial charge is 0.382 e. The van der Waals surface area contributed by atoms with Gasteiger partial charge in [0.1, 0.15) is 23.3 Å². The Morgan fingerprint density at radius 2 is 2.12 bits per heavy atom. The lowest BCUT2D eigenvalue weighted by molar-refractivity contribution is -0.0209. The Hall–Kier alpha value is -3.50. The number of rotatable bonds is 7. The fraction of sp³-hybridized carbons (Fsp3) is 0.500. The Morgan fingerprint density at radius 3 is 2.78 bits per heavy atom. The summed E-state index contributed by atoms with van der Waals surface area (Å²) < 4.78 is 7.09. The summed E-state index contributed by atoms with van der Waals surface area (Å²) >= 11 is 0.661. The summed E-state index contributed by atoms with van der Waals surface area (Å²) in [6.45, 7) is -0.242. The number of fused-ring (bicyclic) bond motifs is 1. The van der Waals surface area contributed by atoms with Crippen molar-refractivity contribution in [2.45, 2.75) is 42.7 Å². The maximum Gasteiger partial charge on any atom is 0.311 e. The normalized spacial score (nSPS) is 32.1. The summed E-state index contributed by atoms with van der Waals surface area (Å²) in [4.78, 5) is 47.8. The molecule has 0 radical (unpaired) electrons. The van der Waals surface area contributed by atoms with E-state index in [0.29, 0.717) is 11.3 Å². The van der Waals surface area contributed by atoms with Gasteiger partial charge in [-0.1, -0.05) is 39.1 Å². The van der Waals surface area contributed by atoms with Gasteiger partial charge in [-0.3, -0.25) is 14.2 Å². The second-order valence-corrected chi connectivity index (χ2v) is 8.35. The first-order chi connectivity index (χ1) is 15.4. The van der Waals surface area contributed by atoms with Gasteiger partial charge in [0, 0.05) is 6.42 Å². The average Bonchev–Trinajstić information content (AvgIpc) is 3.26. The van der Waals surface area contributed by atoms with E-state index in [9.17, 15) is 19.4 Å². The van der Waals surface area contributed by atoms with Crippen molar-refractivity contribution >= 4 is 23.1 Å². The van der Waals surface area contributed by atoms with Gasteiger partial charge < -0.3 is 32.3 Å². The highest BCUT2D eigenvalue weighted by molar-refractivity contribution is 7.12. The molecule has 0 saturated carbocycles. The second kappa shape index (κ2) is 8.56. The number of anilines is 1.